The summed E-state index contributed by atoms with van der Waals surface area (Å²) in [5, 5.41) is 0. The number of nitrogens with two attached hydrogens (primary N) is 2. The van der Waals surface area contributed by atoms with Gasteiger partial charge >= 0.3 is 0 Å². The average molecular weight is 315 g/mol. The van der Waals surface area contributed by atoms with Crippen molar-refractivity contribution in [3.8, 4) is 5.75 Å². The van der Waals surface area contributed by atoms with Gasteiger partial charge in [0.2, 0.25) is 5.95 Å². The van der Waals surface area contributed by atoms with E-state index in [0.717, 1.165) is 16.9 Å². The van der Waals surface area contributed by atoms with Crippen LogP contribution in [0.1, 0.15) is 45.9 Å². The minimum atomic E-state index is -0.494. The summed E-state index contributed by atoms with van der Waals surface area (Å²) < 4.78 is 6.04. The predicted octanol–water partition coefficient (Wildman–Crippen LogP) is 1.73. The van der Waals surface area contributed by atoms with Gasteiger partial charge in [0.25, 0.3) is 5.91 Å². The van der Waals surface area contributed by atoms with Gasteiger partial charge in [-0.25, -0.2) is 15.8 Å². The Morgan fingerprint density at radius 2 is 1.83 bits per heavy atom. The highest BCUT2D eigenvalue weighted by Crippen LogP contribution is 2.29. The molecule has 0 bridgehead atoms. The first kappa shape index (κ1) is 16.7. The van der Waals surface area contributed by atoms with E-state index < -0.39 is 12.0 Å². The molecule has 0 aliphatic carbocycles. The second kappa shape index (κ2) is 6.62. The monoisotopic (exact) mass is 315 g/mol. The van der Waals surface area contributed by atoms with Crippen LogP contribution in [-0.4, -0.2) is 15.9 Å². The van der Waals surface area contributed by atoms with Crippen molar-refractivity contribution in [2.75, 3.05) is 5.73 Å². The number of nitrogens with zero attached hydrogens (tertiary/aromatic N) is 2. The number of ether oxygens (including phenoxy) is 1. The summed E-state index contributed by atoms with van der Waals surface area (Å²) >= 11 is 0. The maximum Gasteiger partial charge on any atom is 0.269 e. The lowest BCUT2D eigenvalue weighted by Gasteiger charge is -2.20. The highest BCUT2D eigenvalue weighted by atomic mass is 16.5. The first-order chi connectivity index (χ1) is 10.8. The fourth-order valence-electron chi connectivity index (χ4n) is 2.48. The second-order valence-electron chi connectivity index (χ2n) is 5.38. The molecule has 1 amide bonds. The number of hydrogen-bond donors (Lipinski definition) is 3. The van der Waals surface area contributed by atoms with Gasteiger partial charge in [-0.05, 0) is 38.8 Å². The molecule has 0 radical (unpaired) electrons. The van der Waals surface area contributed by atoms with Gasteiger partial charge < -0.3 is 10.5 Å². The van der Waals surface area contributed by atoms with Crippen molar-refractivity contribution >= 4 is 11.9 Å². The third kappa shape index (κ3) is 3.40. The number of hydrazine groups is 1. The maximum absolute atomic E-state index is 12.0. The van der Waals surface area contributed by atoms with Gasteiger partial charge in [0.15, 0.2) is 0 Å². The molecule has 5 N–H and O–H groups in total. The highest BCUT2D eigenvalue weighted by molar-refractivity contribution is 5.96. The SMILES string of the molecule is Cc1cccc(C)c1OC(C)c1nc(N)nc(C)c1C(=O)NN. The zero-order chi connectivity index (χ0) is 17.1. The molecule has 1 aromatic carbocycles. The first-order valence-corrected chi connectivity index (χ1v) is 7.23. The Bertz CT molecular complexity index is 725. The van der Waals surface area contributed by atoms with Crippen LogP contribution in [0.4, 0.5) is 5.95 Å². The number of aryl methyl sites for hydroxylation is 3. The van der Waals surface area contributed by atoms with Crippen molar-refractivity contribution in [3.05, 3.63) is 46.3 Å². The summed E-state index contributed by atoms with van der Waals surface area (Å²) in [6, 6.07) is 5.88. The van der Waals surface area contributed by atoms with Crippen molar-refractivity contribution < 1.29 is 9.53 Å². The van der Waals surface area contributed by atoms with E-state index in [4.69, 9.17) is 16.3 Å². The van der Waals surface area contributed by atoms with Crippen LogP contribution in [0, 0.1) is 20.8 Å². The Labute approximate surface area is 135 Å². The summed E-state index contributed by atoms with van der Waals surface area (Å²) in [6.07, 6.45) is -0.494. The van der Waals surface area contributed by atoms with Crippen molar-refractivity contribution in [1.29, 1.82) is 0 Å². The number of hydrogen-bond acceptors (Lipinski definition) is 6. The smallest absolute Gasteiger partial charge is 0.269 e. The number of para-hydroxylation sites is 1. The van der Waals surface area contributed by atoms with Crippen molar-refractivity contribution in [2.24, 2.45) is 5.84 Å². The summed E-state index contributed by atoms with van der Waals surface area (Å²) in [6.45, 7) is 7.41. The maximum atomic E-state index is 12.0. The first-order valence-electron chi connectivity index (χ1n) is 7.23. The van der Waals surface area contributed by atoms with Crippen LogP contribution >= 0.6 is 0 Å². The van der Waals surface area contributed by atoms with E-state index in [0.29, 0.717) is 11.4 Å². The van der Waals surface area contributed by atoms with E-state index in [1.54, 1.807) is 13.8 Å². The number of amides is 1. The largest absolute Gasteiger partial charge is 0.484 e. The molecule has 7 nitrogen and oxygen atoms in total. The van der Waals surface area contributed by atoms with Crippen LogP contribution in [0.15, 0.2) is 18.2 Å². The van der Waals surface area contributed by atoms with Gasteiger partial charge in [0.1, 0.15) is 11.9 Å². The van der Waals surface area contributed by atoms with Crippen LogP contribution in [0.25, 0.3) is 0 Å². The van der Waals surface area contributed by atoms with E-state index in [9.17, 15) is 4.79 Å². The number of carbonyl (C=O) groups is 1. The van der Waals surface area contributed by atoms with Gasteiger partial charge in [0, 0.05) is 0 Å². The zero-order valence-electron chi connectivity index (χ0n) is 13.7. The van der Waals surface area contributed by atoms with E-state index in [-0.39, 0.29) is 11.5 Å². The number of nitrogens with one attached hydrogen (secondary N) is 1. The van der Waals surface area contributed by atoms with Crippen LogP contribution in [0.2, 0.25) is 0 Å². The quantitative estimate of drug-likeness (QED) is 0.449. The van der Waals surface area contributed by atoms with Crippen molar-refractivity contribution in [2.45, 2.75) is 33.8 Å². The zero-order valence-corrected chi connectivity index (χ0v) is 13.7. The molecular weight excluding hydrogens is 294 g/mol. The Morgan fingerprint density at radius 3 is 2.39 bits per heavy atom. The Morgan fingerprint density at radius 1 is 1.22 bits per heavy atom. The van der Waals surface area contributed by atoms with Gasteiger partial charge in [-0.1, -0.05) is 18.2 Å². The lowest BCUT2D eigenvalue weighted by atomic mass is 10.1. The Kier molecular flexibility index (Phi) is 4.80. The van der Waals surface area contributed by atoms with Crippen LogP contribution in [0.5, 0.6) is 5.75 Å². The van der Waals surface area contributed by atoms with E-state index in [2.05, 4.69) is 15.4 Å². The number of rotatable bonds is 4. The molecule has 0 aliphatic rings. The lowest BCUT2D eigenvalue weighted by Crippen LogP contribution is -2.33. The fraction of sp³-hybridized carbons (Fsp3) is 0.312. The topological polar surface area (TPSA) is 116 Å². The van der Waals surface area contributed by atoms with E-state index >= 15 is 0 Å². The molecule has 2 aromatic rings. The lowest BCUT2D eigenvalue weighted by molar-refractivity contribution is 0.0946. The average Bonchev–Trinajstić information content (AvgIpc) is 2.49. The van der Waals surface area contributed by atoms with Crippen LogP contribution < -0.4 is 21.7 Å². The molecule has 1 unspecified atom stereocenters. The number of carbonyl (C=O) groups excluding carboxylic acids is 1. The molecule has 0 spiro atoms. The molecule has 1 atom stereocenters. The third-order valence-electron chi connectivity index (χ3n) is 3.58. The normalized spacial score (nSPS) is 11.9. The standard InChI is InChI=1S/C16H21N5O2/c1-8-6-5-7-9(2)14(8)23-11(4)13-12(15(22)21-18)10(3)19-16(17)20-13/h5-7,11H,18H2,1-4H3,(H,21,22)(H2,17,19,20). The molecule has 0 fully saturated rings. The molecule has 122 valence electrons. The highest BCUT2D eigenvalue weighted by Gasteiger charge is 2.23. The molecule has 0 saturated heterocycles. The van der Waals surface area contributed by atoms with Gasteiger partial charge in [-0.15, -0.1) is 0 Å². The molecule has 23 heavy (non-hydrogen) atoms. The number of aromatic nitrogens is 2. The summed E-state index contributed by atoms with van der Waals surface area (Å²) in [4.78, 5) is 20.3. The van der Waals surface area contributed by atoms with Crippen molar-refractivity contribution in [3.63, 3.8) is 0 Å². The fourth-order valence-corrected chi connectivity index (χ4v) is 2.48. The molecule has 1 aromatic heterocycles. The molecular formula is C16H21N5O2. The summed E-state index contributed by atoms with van der Waals surface area (Å²) in [5.41, 5.74) is 11.0. The van der Waals surface area contributed by atoms with E-state index in [1.807, 2.05) is 32.0 Å². The molecule has 0 aliphatic heterocycles. The van der Waals surface area contributed by atoms with Gasteiger partial charge in [0.05, 0.1) is 17.0 Å². The predicted molar refractivity (Wildman–Crippen MR) is 87.8 cm³/mol. The number of benzene rings is 1. The van der Waals surface area contributed by atoms with Crippen LogP contribution in [0.3, 0.4) is 0 Å². The number of nitrogen functional groups attached to an aromatic ring is 2. The minimum Gasteiger partial charge on any atom is -0.484 e. The summed E-state index contributed by atoms with van der Waals surface area (Å²) in [5.74, 6) is 5.62. The Balaban J connectivity index is 2.47. The molecule has 7 heteroatoms. The summed E-state index contributed by atoms with van der Waals surface area (Å²) in [7, 11) is 0. The molecule has 0 saturated carbocycles. The molecule has 1 heterocycles. The van der Waals surface area contributed by atoms with Gasteiger partial charge in [-0.2, -0.15) is 0 Å². The molecule has 2 rings (SSSR count). The third-order valence-corrected chi connectivity index (χ3v) is 3.58. The second-order valence-corrected chi connectivity index (χ2v) is 5.38. The van der Waals surface area contributed by atoms with Gasteiger partial charge in [-0.3, -0.25) is 10.2 Å². The number of anilines is 1. The van der Waals surface area contributed by atoms with Crippen molar-refractivity contribution in [1.82, 2.24) is 15.4 Å². The van der Waals surface area contributed by atoms with E-state index in [1.165, 1.54) is 0 Å². The minimum absolute atomic E-state index is 0.0861. The van der Waals surface area contributed by atoms with Crippen LogP contribution in [-0.2, 0) is 0 Å². The Hall–Kier alpha value is -2.67.